The number of aromatic nitrogens is 1. The molecule has 1 aliphatic carbocycles. The fourth-order valence-electron chi connectivity index (χ4n) is 2.58. The Hall–Kier alpha value is -1.49. The average molecular weight is 283 g/mol. The van der Waals surface area contributed by atoms with E-state index in [0.717, 1.165) is 12.8 Å². The van der Waals surface area contributed by atoms with Crippen LogP contribution in [0.25, 0.3) is 0 Å². The van der Waals surface area contributed by atoms with Crippen LogP contribution in [0.15, 0.2) is 12.3 Å². The molecule has 0 radical (unpaired) electrons. The lowest BCUT2D eigenvalue weighted by Gasteiger charge is -2.17. The van der Waals surface area contributed by atoms with Crippen LogP contribution in [-0.2, 0) is 4.79 Å². The SMILES string of the molecule is O=C(O)C1CCN(C(=O)c2cc(Cl)cn2C2CC2)C1. The van der Waals surface area contributed by atoms with Gasteiger partial charge < -0.3 is 14.6 Å². The molecule has 19 heavy (non-hydrogen) atoms. The minimum atomic E-state index is -0.828. The molecule has 1 aliphatic heterocycles. The quantitative estimate of drug-likeness (QED) is 0.922. The summed E-state index contributed by atoms with van der Waals surface area (Å²) in [7, 11) is 0. The Labute approximate surface area is 115 Å². The number of carbonyl (C=O) groups excluding carboxylic acids is 1. The monoisotopic (exact) mass is 282 g/mol. The first-order chi connectivity index (χ1) is 9.06. The fraction of sp³-hybridized carbons (Fsp3) is 0.538. The number of aliphatic carboxylic acids is 1. The van der Waals surface area contributed by atoms with Gasteiger partial charge in [-0.1, -0.05) is 11.6 Å². The first-order valence-corrected chi connectivity index (χ1v) is 6.83. The van der Waals surface area contributed by atoms with Crippen LogP contribution in [0.5, 0.6) is 0 Å². The molecule has 2 aliphatic rings. The van der Waals surface area contributed by atoms with Crippen LogP contribution in [0.1, 0.15) is 35.8 Å². The third-order valence-corrected chi connectivity index (χ3v) is 4.01. The van der Waals surface area contributed by atoms with Crippen molar-refractivity contribution in [2.45, 2.75) is 25.3 Å². The standard InChI is InChI=1S/C13H15ClN2O3/c14-9-5-11(16(7-9)10-1-2-10)12(17)15-4-3-8(6-15)13(18)19/h5,7-8,10H,1-4,6H2,(H,18,19). The second-order valence-electron chi connectivity index (χ2n) is 5.26. The van der Waals surface area contributed by atoms with E-state index in [1.807, 2.05) is 4.57 Å². The van der Waals surface area contributed by atoms with Crippen LogP contribution in [0, 0.1) is 5.92 Å². The third-order valence-electron chi connectivity index (χ3n) is 3.80. The van der Waals surface area contributed by atoms with E-state index < -0.39 is 11.9 Å². The molecule has 1 saturated carbocycles. The van der Waals surface area contributed by atoms with Gasteiger partial charge >= 0.3 is 5.97 Å². The Morgan fingerprint density at radius 3 is 2.63 bits per heavy atom. The van der Waals surface area contributed by atoms with Gasteiger partial charge in [0.15, 0.2) is 0 Å². The Balaban J connectivity index is 1.79. The molecule has 6 heteroatoms. The van der Waals surface area contributed by atoms with Gasteiger partial charge in [-0.05, 0) is 25.3 Å². The van der Waals surface area contributed by atoms with Crippen molar-refractivity contribution in [1.82, 2.24) is 9.47 Å². The van der Waals surface area contributed by atoms with Gasteiger partial charge in [0.2, 0.25) is 0 Å². The van der Waals surface area contributed by atoms with Gasteiger partial charge in [-0.15, -0.1) is 0 Å². The van der Waals surface area contributed by atoms with Gasteiger partial charge in [0.05, 0.1) is 10.9 Å². The Bertz CT molecular complexity index is 536. The normalized spacial score (nSPS) is 22.8. The summed E-state index contributed by atoms with van der Waals surface area (Å²) < 4.78 is 1.93. The van der Waals surface area contributed by atoms with Crippen molar-refractivity contribution in [3.63, 3.8) is 0 Å². The summed E-state index contributed by atoms with van der Waals surface area (Å²) in [5.41, 5.74) is 0.582. The van der Waals surface area contributed by atoms with E-state index in [1.165, 1.54) is 0 Å². The zero-order chi connectivity index (χ0) is 13.6. The number of amides is 1. The fourth-order valence-corrected chi connectivity index (χ4v) is 2.79. The highest BCUT2D eigenvalue weighted by Crippen LogP contribution is 2.38. The van der Waals surface area contributed by atoms with Crippen molar-refractivity contribution < 1.29 is 14.7 Å². The number of carbonyl (C=O) groups is 2. The summed E-state index contributed by atoms with van der Waals surface area (Å²) >= 11 is 5.98. The summed E-state index contributed by atoms with van der Waals surface area (Å²) in [5, 5.41) is 9.54. The number of rotatable bonds is 3. The van der Waals surface area contributed by atoms with Crippen LogP contribution in [-0.4, -0.2) is 39.5 Å². The van der Waals surface area contributed by atoms with Gasteiger partial charge in [-0.3, -0.25) is 9.59 Å². The molecule has 2 fully saturated rings. The van der Waals surface area contributed by atoms with Gasteiger partial charge in [-0.2, -0.15) is 0 Å². The lowest BCUT2D eigenvalue weighted by molar-refractivity contribution is -0.141. The maximum Gasteiger partial charge on any atom is 0.308 e. The van der Waals surface area contributed by atoms with Gasteiger partial charge in [0.25, 0.3) is 5.91 Å². The average Bonchev–Trinajstić information content (AvgIpc) is 2.95. The molecular weight excluding hydrogens is 268 g/mol. The summed E-state index contributed by atoms with van der Waals surface area (Å²) in [5.74, 6) is -1.38. The van der Waals surface area contributed by atoms with E-state index in [-0.39, 0.29) is 5.91 Å². The lowest BCUT2D eigenvalue weighted by atomic mass is 10.1. The molecule has 1 aromatic rings. The minimum absolute atomic E-state index is 0.109. The second-order valence-corrected chi connectivity index (χ2v) is 5.69. The molecule has 2 heterocycles. The molecule has 1 saturated heterocycles. The number of carboxylic acid groups (broad SMARTS) is 1. The van der Waals surface area contributed by atoms with E-state index in [9.17, 15) is 9.59 Å². The van der Waals surface area contributed by atoms with E-state index in [1.54, 1.807) is 17.2 Å². The van der Waals surface area contributed by atoms with Crippen molar-refractivity contribution >= 4 is 23.5 Å². The van der Waals surface area contributed by atoms with Crippen LogP contribution in [0.2, 0.25) is 5.02 Å². The Morgan fingerprint density at radius 1 is 1.32 bits per heavy atom. The van der Waals surface area contributed by atoms with Crippen molar-refractivity contribution in [2.75, 3.05) is 13.1 Å². The number of nitrogens with zero attached hydrogens (tertiary/aromatic N) is 2. The number of likely N-dealkylation sites (tertiary alicyclic amines) is 1. The smallest absolute Gasteiger partial charge is 0.308 e. The van der Waals surface area contributed by atoms with E-state index >= 15 is 0 Å². The molecule has 0 spiro atoms. The van der Waals surface area contributed by atoms with E-state index in [0.29, 0.717) is 36.3 Å². The summed E-state index contributed by atoms with van der Waals surface area (Å²) in [6, 6.07) is 2.06. The Kier molecular flexibility index (Phi) is 3.01. The number of carboxylic acids is 1. The summed E-state index contributed by atoms with van der Waals surface area (Å²) in [4.78, 5) is 25.0. The first kappa shape index (κ1) is 12.5. The summed E-state index contributed by atoms with van der Waals surface area (Å²) in [6.45, 7) is 0.797. The highest BCUT2D eigenvalue weighted by molar-refractivity contribution is 6.31. The largest absolute Gasteiger partial charge is 0.481 e. The molecule has 102 valence electrons. The zero-order valence-electron chi connectivity index (χ0n) is 10.4. The Morgan fingerprint density at radius 2 is 2.05 bits per heavy atom. The third kappa shape index (κ3) is 2.34. The molecule has 1 unspecified atom stereocenters. The first-order valence-electron chi connectivity index (χ1n) is 6.45. The number of halogens is 1. The van der Waals surface area contributed by atoms with Gasteiger partial charge in [0, 0.05) is 25.3 Å². The maximum absolute atomic E-state index is 12.4. The second kappa shape index (κ2) is 4.56. The van der Waals surface area contributed by atoms with Gasteiger partial charge in [0.1, 0.15) is 5.69 Å². The molecule has 1 aromatic heterocycles. The molecule has 3 rings (SSSR count). The number of hydrogen-bond acceptors (Lipinski definition) is 2. The van der Waals surface area contributed by atoms with Crippen molar-refractivity contribution in [1.29, 1.82) is 0 Å². The summed E-state index contributed by atoms with van der Waals surface area (Å²) in [6.07, 6.45) is 4.46. The molecule has 0 bridgehead atoms. The topological polar surface area (TPSA) is 62.5 Å². The highest BCUT2D eigenvalue weighted by atomic mass is 35.5. The predicted octanol–water partition coefficient (Wildman–Crippen LogP) is 2.02. The maximum atomic E-state index is 12.4. The van der Waals surface area contributed by atoms with Crippen LogP contribution >= 0.6 is 11.6 Å². The van der Waals surface area contributed by atoms with E-state index in [4.69, 9.17) is 16.7 Å². The minimum Gasteiger partial charge on any atom is -0.481 e. The van der Waals surface area contributed by atoms with Gasteiger partial charge in [-0.25, -0.2) is 0 Å². The van der Waals surface area contributed by atoms with Crippen molar-refractivity contribution in [3.05, 3.63) is 23.0 Å². The van der Waals surface area contributed by atoms with E-state index in [2.05, 4.69) is 0 Å². The van der Waals surface area contributed by atoms with Crippen LogP contribution in [0.3, 0.4) is 0 Å². The molecule has 1 atom stereocenters. The van der Waals surface area contributed by atoms with Crippen LogP contribution < -0.4 is 0 Å². The molecule has 5 nitrogen and oxygen atoms in total. The van der Waals surface area contributed by atoms with Crippen molar-refractivity contribution in [3.8, 4) is 0 Å². The lowest BCUT2D eigenvalue weighted by Crippen LogP contribution is -2.31. The molecule has 1 N–H and O–H groups in total. The molecule has 1 amide bonds. The predicted molar refractivity (Wildman–Crippen MR) is 69.4 cm³/mol. The molecule has 0 aromatic carbocycles. The highest BCUT2D eigenvalue weighted by Gasteiger charge is 2.34. The molecular formula is C13H15ClN2O3. The van der Waals surface area contributed by atoms with Crippen molar-refractivity contribution in [2.24, 2.45) is 5.92 Å². The van der Waals surface area contributed by atoms with Crippen LogP contribution in [0.4, 0.5) is 0 Å². The zero-order valence-corrected chi connectivity index (χ0v) is 11.1. The number of hydrogen-bond donors (Lipinski definition) is 1.